The molecule has 1 amide bonds. The molecule has 0 unspecified atom stereocenters. The van der Waals surface area contributed by atoms with E-state index in [0.29, 0.717) is 17.1 Å². The van der Waals surface area contributed by atoms with Gasteiger partial charge >= 0.3 is 5.97 Å². The Morgan fingerprint density at radius 1 is 1.16 bits per heavy atom. The number of nitrogens with one attached hydrogen (secondary N) is 1. The SMILES string of the molecule is O=C(O)CC1CC2(C1)CC(NC(=O)c1ccc(Cl)c3cnn(Cc4ccc(Br)cc4)c13)C2. The first-order valence-corrected chi connectivity index (χ1v) is 11.9. The first kappa shape index (κ1) is 21.5. The zero-order chi connectivity index (χ0) is 22.5. The van der Waals surface area contributed by atoms with Gasteiger partial charge in [-0.1, -0.05) is 39.7 Å². The van der Waals surface area contributed by atoms with Crippen LogP contribution in [0.2, 0.25) is 5.02 Å². The number of aromatic nitrogens is 2. The molecule has 0 radical (unpaired) electrons. The maximum Gasteiger partial charge on any atom is 0.303 e. The number of aliphatic carboxylic acids is 1. The molecule has 2 aliphatic rings. The summed E-state index contributed by atoms with van der Waals surface area (Å²) in [7, 11) is 0. The van der Waals surface area contributed by atoms with Crippen LogP contribution in [0.4, 0.5) is 0 Å². The van der Waals surface area contributed by atoms with Crippen molar-refractivity contribution in [3.05, 3.63) is 63.2 Å². The summed E-state index contributed by atoms with van der Waals surface area (Å²) in [6, 6.07) is 11.6. The molecule has 0 atom stereocenters. The highest BCUT2D eigenvalue weighted by Gasteiger charge is 2.53. The molecule has 2 aliphatic carbocycles. The first-order valence-electron chi connectivity index (χ1n) is 10.7. The minimum atomic E-state index is -0.722. The summed E-state index contributed by atoms with van der Waals surface area (Å²) in [6.07, 6.45) is 5.72. The molecule has 1 aromatic heterocycles. The van der Waals surface area contributed by atoms with Gasteiger partial charge in [-0.25, -0.2) is 0 Å². The van der Waals surface area contributed by atoms with E-state index >= 15 is 0 Å². The van der Waals surface area contributed by atoms with Gasteiger partial charge in [-0.2, -0.15) is 5.10 Å². The van der Waals surface area contributed by atoms with Crippen LogP contribution in [0.15, 0.2) is 47.1 Å². The highest BCUT2D eigenvalue weighted by Crippen LogP contribution is 2.59. The number of hydrogen-bond donors (Lipinski definition) is 2. The lowest BCUT2D eigenvalue weighted by Gasteiger charge is -2.57. The molecule has 2 aromatic carbocycles. The van der Waals surface area contributed by atoms with Crippen molar-refractivity contribution in [2.75, 3.05) is 0 Å². The van der Waals surface area contributed by atoms with E-state index in [1.807, 2.05) is 28.9 Å². The molecule has 3 aromatic rings. The van der Waals surface area contributed by atoms with Gasteiger partial charge in [0, 0.05) is 22.3 Å². The third kappa shape index (κ3) is 4.04. The van der Waals surface area contributed by atoms with Crippen molar-refractivity contribution >= 4 is 50.3 Å². The summed E-state index contributed by atoms with van der Waals surface area (Å²) < 4.78 is 2.83. The predicted octanol–water partition coefficient (Wildman–Crippen LogP) is 5.26. The Bertz CT molecular complexity index is 1190. The third-order valence-electron chi connectivity index (χ3n) is 6.84. The molecule has 1 heterocycles. The van der Waals surface area contributed by atoms with E-state index in [4.69, 9.17) is 16.7 Å². The van der Waals surface area contributed by atoms with Crippen molar-refractivity contribution in [3.8, 4) is 0 Å². The van der Waals surface area contributed by atoms with E-state index in [0.717, 1.165) is 46.6 Å². The van der Waals surface area contributed by atoms with Crippen LogP contribution in [0, 0.1) is 11.3 Å². The van der Waals surface area contributed by atoms with Crippen LogP contribution in [0.3, 0.4) is 0 Å². The molecule has 0 saturated heterocycles. The fourth-order valence-corrected chi connectivity index (χ4v) is 5.94. The summed E-state index contributed by atoms with van der Waals surface area (Å²) >= 11 is 9.85. The van der Waals surface area contributed by atoms with Crippen LogP contribution >= 0.6 is 27.5 Å². The summed E-state index contributed by atoms with van der Waals surface area (Å²) in [5.41, 5.74) is 2.61. The molecule has 2 N–H and O–H groups in total. The summed E-state index contributed by atoms with van der Waals surface area (Å²) in [6.45, 7) is 0.537. The number of hydrogen-bond acceptors (Lipinski definition) is 3. The predicted molar refractivity (Wildman–Crippen MR) is 126 cm³/mol. The molecule has 8 heteroatoms. The number of benzene rings is 2. The fraction of sp³-hybridized carbons (Fsp3) is 0.375. The van der Waals surface area contributed by atoms with Crippen molar-refractivity contribution in [1.82, 2.24) is 15.1 Å². The van der Waals surface area contributed by atoms with Crippen LogP contribution in [-0.4, -0.2) is 32.8 Å². The van der Waals surface area contributed by atoms with Gasteiger partial charge in [0.15, 0.2) is 0 Å². The lowest BCUT2D eigenvalue weighted by atomic mass is 9.49. The lowest BCUT2D eigenvalue weighted by molar-refractivity contribution is -0.142. The van der Waals surface area contributed by atoms with Gasteiger partial charge in [0.1, 0.15) is 0 Å². The summed E-state index contributed by atoms with van der Waals surface area (Å²) in [4.78, 5) is 24.0. The molecule has 32 heavy (non-hydrogen) atoms. The Morgan fingerprint density at radius 2 is 1.88 bits per heavy atom. The molecule has 0 aliphatic heterocycles. The number of nitrogens with zero attached hydrogens (tertiary/aromatic N) is 2. The number of carbonyl (C=O) groups is 2. The second-order valence-electron chi connectivity index (χ2n) is 9.24. The zero-order valence-corrected chi connectivity index (χ0v) is 19.7. The molecule has 166 valence electrons. The number of rotatable bonds is 6. The van der Waals surface area contributed by atoms with Crippen molar-refractivity contribution < 1.29 is 14.7 Å². The van der Waals surface area contributed by atoms with E-state index in [-0.39, 0.29) is 29.7 Å². The highest BCUT2D eigenvalue weighted by molar-refractivity contribution is 9.10. The van der Waals surface area contributed by atoms with Crippen LogP contribution in [0.1, 0.15) is 48.0 Å². The quantitative estimate of drug-likeness (QED) is 0.468. The second kappa shape index (κ2) is 8.19. The maximum absolute atomic E-state index is 13.2. The maximum atomic E-state index is 13.2. The standard InChI is InChI=1S/C24H23BrClN3O3/c25-16-3-1-14(2-4-16)13-29-22-18(5-6-20(26)19(22)12-27-29)23(32)28-17-10-24(11-17)8-15(9-24)7-21(30)31/h1-6,12,15,17H,7-11,13H2,(H,28,32)(H,30,31). The number of fused-ring (bicyclic) bond motifs is 1. The Hall–Kier alpha value is -2.38. The van der Waals surface area contributed by atoms with Crippen molar-refractivity contribution in [2.24, 2.45) is 11.3 Å². The molecule has 2 saturated carbocycles. The average Bonchev–Trinajstić information content (AvgIpc) is 3.11. The van der Waals surface area contributed by atoms with E-state index < -0.39 is 5.97 Å². The number of carboxylic acid groups (broad SMARTS) is 1. The van der Waals surface area contributed by atoms with Crippen molar-refractivity contribution in [3.63, 3.8) is 0 Å². The Labute approximate surface area is 199 Å². The number of amides is 1. The summed E-state index contributed by atoms with van der Waals surface area (Å²) in [5, 5.41) is 17.9. The van der Waals surface area contributed by atoms with Gasteiger partial charge in [0.25, 0.3) is 5.91 Å². The van der Waals surface area contributed by atoms with E-state index in [9.17, 15) is 9.59 Å². The summed E-state index contributed by atoms with van der Waals surface area (Å²) in [5.74, 6) is -0.556. The molecular weight excluding hydrogens is 494 g/mol. The Kier molecular flexibility index (Phi) is 5.50. The van der Waals surface area contributed by atoms with Crippen LogP contribution < -0.4 is 5.32 Å². The first-order chi connectivity index (χ1) is 15.3. The van der Waals surface area contributed by atoms with E-state index in [1.54, 1.807) is 18.3 Å². The second-order valence-corrected chi connectivity index (χ2v) is 10.6. The molecule has 1 spiro atoms. The van der Waals surface area contributed by atoms with Crippen LogP contribution in [0.25, 0.3) is 10.9 Å². The smallest absolute Gasteiger partial charge is 0.303 e. The van der Waals surface area contributed by atoms with Gasteiger partial charge in [-0.05, 0) is 66.8 Å². The highest BCUT2D eigenvalue weighted by atomic mass is 79.9. The molecule has 2 fully saturated rings. The Morgan fingerprint density at radius 3 is 2.56 bits per heavy atom. The van der Waals surface area contributed by atoms with Gasteiger partial charge in [-0.3, -0.25) is 14.3 Å². The minimum Gasteiger partial charge on any atom is -0.481 e. The number of carbonyl (C=O) groups excluding carboxylic acids is 1. The molecular formula is C24H23BrClN3O3. The lowest BCUT2D eigenvalue weighted by Crippen LogP contribution is -2.56. The fourth-order valence-electron chi connectivity index (χ4n) is 5.48. The van der Waals surface area contributed by atoms with Gasteiger partial charge < -0.3 is 10.4 Å². The monoisotopic (exact) mass is 515 g/mol. The van der Waals surface area contributed by atoms with Gasteiger partial charge in [0.05, 0.1) is 28.8 Å². The normalized spacial score (nSPS) is 24.2. The largest absolute Gasteiger partial charge is 0.481 e. The number of halogens is 2. The number of carboxylic acids is 1. The Balaban J connectivity index is 1.30. The van der Waals surface area contributed by atoms with Gasteiger partial charge in [-0.15, -0.1) is 0 Å². The van der Waals surface area contributed by atoms with Crippen molar-refractivity contribution in [2.45, 2.75) is 44.7 Å². The van der Waals surface area contributed by atoms with Crippen LogP contribution in [0.5, 0.6) is 0 Å². The van der Waals surface area contributed by atoms with Crippen molar-refractivity contribution in [1.29, 1.82) is 0 Å². The molecule has 5 rings (SSSR count). The molecule has 0 bridgehead atoms. The minimum absolute atomic E-state index is 0.120. The van der Waals surface area contributed by atoms with Crippen LogP contribution in [-0.2, 0) is 11.3 Å². The third-order valence-corrected chi connectivity index (χ3v) is 7.70. The zero-order valence-electron chi connectivity index (χ0n) is 17.4. The topological polar surface area (TPSA) is 84.2 Å². The van der Waals surface area contributed by atoms with E-state index in [1.165, 1.54) is 0 Å². The molecule has 6 nitrogen and oxygen atoms in total. The van der Waals surface area contributed by atoms with E-state index in [2.05, 4.69) is 26.3 Å². The average molecular weight is 517 g/mol. The van der Waals surface area contributed by atoms with Gasteiger partial charge in [0.2, 0.25) is 0 Å².